The lowest BCUT2D eigenvalue weighted by molar-refractivity contribution is -0.127. The smallest absolute Gasteiger partial charge is 0.223 e. The van der Waals surface area contributed by atoms with Gasteiger partial charge in [-0.3, -0.25) is 4.79 Å². The highest BCUT2D eigenvalue weighted by atomic mass is 35.5. The number of amides is 1. The van der Waals surface area contributed by atoms with Crippen molar-refractivity contribution in [2.24, 2.45) is 5.92 Å². The van der Waals surface area contributed by atoms with Gasteiger partial charge in [0.05, 0.1) is 12.6 Å². The number of carbonyl (C=O) groups is 1. The standard InChI is InChI=1S/C18H20ClNO3/c19-14-5-1-3-12(9-14)17-8-7-16(23-17)11-20-18(22)13-4-2-6-15(21)10-13/h1,3,5,7-9,13,15,21H,2,4,6,10-11H2,(H,20,22)/t13-,15+/m1/s1. The minimum Gasteiger partial charge on any atom is -0.459 e. The van der Waals surface area contributed by atoms with Crippen LogP contribution in [0.2, 0.25) is 5.02 Å². The molecule has 1 heterocycles. The first-order valence-electron chi connectivity index (χ1n) is 7.92. The zero-order chi connectivity index (χ0) is 16.2. The minimum atomic E-state index is -0.349. The first-order chi connectivity index (χ1) is 11.1. The minimum absolute atomic E-state index is 0.00976. The van der Waals surface area contributed by atoms with Crippen molar-refractivity contribution < 1.29 is 14.3 Å². The number of hydrogen-bond acceptors (Lipinski definition) is 3. The van der Waals surface area contributed by atoms with Crippen LogP contribution >= 0.6 is 11.6 Å². The maximum atomic E-state index is 12.2. The second-order valence-corrected chi connectivity index (χ2v) is 6.45. The van der Waals surface area contributed by atoms with E-state index in [1.165, 1.54) is 0 Å². The summed E-state index contributed by atoms with van der Waals surface area (Å²) in [5.41, 5.74) is 0.908. The first-order valence-corrected chi connectivity index (χ1v) is 8.30. The fraction of sp³-hybridized carbons (Fsp3) is 0.389. The van der Waals surface area contributed by atoms with Crippen LogP contribution in [0.5, 0.6) is 0 Å². The van der Waals surface area contributed by atoms with E-state index in [0.29, 0.717) is 23.7 Å². The molecule has 1 fully saturated rings. The van der Waals surface area contributed by atoms with Gasteiger partial charge in [-0.2, -0.15) is 0 Å². The van der Waals surface area contributed by atoms with E-state index >= 15 is 0 Å². The summed E-state index contributed by atoms with van der Waals surface area (Å²) in [6.45, 7) is 0.353. The summed E-state index contributed by atoms with van der Waals surface area (Å²) in [7, 11) is 0. The third kappa shape index (κ3) is 4.15. The van der Waals surface area contributed by atoms with Crippen LogP contribution in [0.4, 0.5) is 0 Å². The average Bonchev–Trinajstić information content (AvgIpc) is 3.01. The molecule has 1 aromatic carbocycles. The van der Waals surface area contributed by atoms with E-state index in [1.54, 1.807) is 0 Å². The zero-order valence-corrected chi connectivity index (χ0v) is 13.6. The molecule has 1 aliphatic rings. The zero-order valence-electron chi connectivity index (χ0n) is 12.8. The lowest BCUT2D eigenvalue weighted by atomic mass is 9.87. The molecule has 1 aliphatic carbocycles. The van der Waals surface area contributed by atoms with Gasteiger partial charge in [-0.25, -0.2) is 0 Å². The van der Waals surface area contributed by atoms with Gasteiger partial charge in [0.1, 0.15) is 11.5 Å². The molecule has 1 saturated carbocycles. The highest BCUT2D eigenvalue weighted by Crippen LogP contribution is 2.26. The monoisotopic (exact) mass is 333 g/mol. The Labute approximate surface area is 140 Å². The lowest BCUT2D eigenvalue weighted by Gasteiger charge is -2.24. The number of carbonyl (C=O) groups excluding carboxylic acids is 1. The van der Waals surface area contributed by atoms with E-state index in [0.717, 1.165) is 30.6 Å². The Kier molecular flexibility index (Phi) is 5.03. The Morgan fingerprint density at radius 3 is 2.96 bits per heavy atom. The summed E-state index contributed by atoms with van der Waals surface area (Å²) in [6, 6.07) is 11.2. The first kappa shape index (κ1) is 16.1. The van der Waals surface area contributed by atoms with Gasteiger partial charge < -0.3 is 14.8 Å². The fourth-order valence-corrected chi connectivity index (χ4v) is 3.18. The molecule has 2 N–H and O–H groups in total. The van der Waals surface area contributed by atoms with Crippen LogP contribution in [0, 0.1) is 5.92 Å². The van der Waals surface area contributed by atoms with Crippen molar-refractivity contribution in [1.29, 1.82) is 0 Å². The van der Waals surface area contributed by atoms with E-state index in [-0.39, 0.29) is 17.9 Å². The Balaban J connectivity index is 1.58. The number of hydrogen-bond donors (Lipinski definition) is 2. The van der Waals surface area contributed by atoms with Crippen LogP contribution in [0.3, 0.4) is 0 Å². The van der Waals surface area contributed by atoms with Crippen molar-refractivity contribution in [1.82, 2.24) is 5.32 Å². The van der Waals surface area contributed by atoms with Gasteiger partial charge in [0.15, 0.2) is 0 Å². The van der Waals surface area contributed by atoms with Crippen LogP contribution in [-0.4, -0.2) is 17.1 Å². The van der Waals surface area contributed by atoms with Crippen LogP contribution < -0.4 is 5.32 Å². The van der Waals surface area contributed by atoms with E-state index in [9.17, 15) is 9.90 Å². The second kappa shape index (κ2) is 7.20. The molecule has 4 nitrogen and oxygen atoms in total. The number of rotatable bonds is 4. The molecule has 23 heavy (non-hydrogen) atoms. The summed E-state index contributed by atoms with van der Waals surface area (Å²) >= 11 is 5.98. The molecule has 122 valence electrons. The maximum absolute atomic E-state index is 12.2. The van der Waals surface area contributed by atoms with Gasteiger partial charge in [-0.15, -0.1) is 0 Å². The van der Waals surface area contributed by atoms with Crippen LogP contribution in [0.15, 0.2) is 40.8 Å². The predicted molar refractivity (Wildman–Crippen MR) is 89.0 cm³/mol. The summed E-state index contributed by atoms with van der Waals surface area (Å²) in [5, 5.41) is 13.2. The van der Waals surface area contributed by atoms with Crippen molar-refractivity contribution >= 4 is 17.5 Å². The van der Waals surface area contributed by atoms with Crippen molar-refractivity contribution in [2.45, 2.75) is 38.3 Å². The van der Waals surface area contributed by atoms with Crippen molar-refractivity contribution in [3.8, 4) is 11.3 Å². The molecule has 1 amide bonds. The Morgan fingerprint density at radius 2 is 2.17 bits per heavy atom. The normalized spacial score (nSPS) is 21.1. The molecule has 5 heteroatoms. The molecule has 2 atom stereocenters. The second-order valence-electron chi connectivity index (χ2n) is 6.01. The molecular weight excluding hydrogens is 314 g/mol. The number of benzene rings is 1. The Bertz CT molecular complexity index is 682. The van der Waals surface area contributed by atoms with Gasteiger partial charge in [-0.1, -0.05) is 30.2 Å². The van der Waals surface area contributed by atoms with Crippen molar-refractivity contribution in [3.05, 3.63) is 47.2 Å². The van der Waals surface area contributed by atoms with Crippen LogP contribution in [0.1, 0.15) is 31.4 Å². The van der Waals surface area contributed by atoms with Gasteiger partial charge in [0, 0.05) is 16.5 Å². The lowest BCUT2D eigenvalue weighted by Crippen LogP contribution is -2.34. The number of aliphatic hydroxyl groups is 1. The summed E-state index contributed by atoms with van der Waals surface area (Å²) in [6.07, 6.45) is 2.74. The molecule has 0 aliphatic heterocycles. The quantitative estimate of drug-likeness (QED) is 0.895. The fourth-order valence-electron chi connectivity index (χ4n) is 2.99. The number of nitrogens with one attached hydrogen (secondary N) is 1. The van der Waals surface area contributed by atoms with E-state index in [2.05, 4.69) is 5.32 Å². The SMILES string of the molecule is O=C(NCc1ccc(-c2cccc(Cl)c2)o1)[C@@H]1CCC[C@H](O)C1. The largest absolute Gasteiger partial charge is 0.459 e. The number of halogens is 1. The molecular formula is C18H20ClNO3. The topological polar surface area (TPSA) is 62.5 Å². The Hall–Kier alpha value is -1.78. The van der Waals surface area contributed by atoms with E-state index in [4.69, 9.17) is 16.0 Å². The van der Waals surface area contributed by atoms with E-state index < -0.39 is 0 Å². The number of furan rings is 1. The van der Waals surface area contributed by atoms with Crippen LogP contribution in [0.25, 0.3) is 11.3 Å². The molecule has 0 unspecified atom stereocenters. The predicted octanol–water partition coefficient (Wildman–Crippen LogP) is 3.77. The average molecular weight is 334 g/mol. The molecule has 0 saturated heterocycles. The third-order valence-corrected chi connectivity index (χ3v) is 4.46. The summed E-state index contributed by atoms with van der Waals surface area (Å²) < 4.78 is 5.76. The molecule has 0 bridgehead atoms. The number of aliphatic hydroxyl groups excluding tert-OH is 1. The van der Waals surface area contributed by atoms with Crippen molar-refractivity contribution in [2.75, 3.05) is 0 Å². The highest BCUT2D eigenvalue weighted by molar-refractivity contribution is 6.30. The third-order valence-electron chi connectivity index (χ3n) is 4.22. The molecule has 0 radical (unpaired) electrons. The van der Waals surface area contributed by atoms with Crippen LogP contribution in [-0.2, 0) is 11.3 Å². The maximum Gasteiger partial charge on any atom is 0.223 e. The van der Waals surface area contributed by atoms with Gasteiger partial charge in [-0.05, 0) is 43.5 Å². The van der Waals surface area contributed by atoms with E-state index in [1.807, 2.05) is 36.4 Å². The van der Waals surface area contributed by atoms with Gasteiger partial charge in [0.2, 0.25) is 5.91 Å². The molecule has 0 spiro atoms. The summed E-state index contributed by atoms with van der Waals surface area (Å²) in [4.78, 5) is 12.2. The van der Waals surface area contributed by atoms with Crippen molar-refractivity contribution in [3.63, 3.8) is 0 Å². The summed E-state index contributed by atoms with van der Waals surface area (Å²) in [5.74, 6) is 1.32. The van der Waals surface area contributed by atoms with Gasteiger partial charge >= 0.3 is 0 Å². The van der Waals surface area contributed by atoms with Gasteiger partial charge in [0.25, 0.3) is 0 Å². The molecule has 2 aromatic rings. The Morgan fingerprint density at radius 1 is 1.30 bits per heavy atom. The molecule has 3 rings (SSSR count). The highest BCUT2D eigenvalue weighted by Gasteiger charge is 2.25. The molecule has 1 aromatic heterocycles.